The van der Waals surface area contributed by atoms with Gasteiger partial charge >= 0.3 is 0 Å². The van der Waals surface area contributed by atoms with Crippen LogP contribution in [0.5, 0.6) is 0 Å². The molecule has 16 heavy (non-hydrogen) atoms. The highest BCUT2D eigenvalue weighted by Gasteiger charge is 2.07. The smallest absolute Gasteiger partial charge is 0.150 e. The molecule has 0 atom stereocenters. The van der Waals surface area contributed by atoms with Crippen molar-refractivity contribution in [2.45, 2.75) is 13.5 Å². The van der Waals surface area contributed by atoms with Gasteiger partial charge in [0.05, 0.1) is 6.20 Å². The van der Waals surface area contributed by atoms with Crippen molar-refractivity contribution in [3.05, 3.63) is 42.0 Å². The minimum absolute atomic E-state index is 0.337. The fourth-order valence-electron chi connectivity index (χ4n) is 1.51. The molecular weight excluding hydrogens is 207 g/mol. The van der Waals surface area contributed by atoms with Crippen LogP contribution in [0.3, 0.4) is 0 Å². The van der Waals surface area contributed by atoms with Crippen LogP contribution in [0.15, 0.2) is 30.6 Å². The SMILES string of the molecule is CCn1cc(-c2ccc(C=O)cc2F)cn1. The van der Waals surface area contributed by atoms with Gasteiger partial charge in [0.15, 0.2) is 0 Å². The van der Waals surface area contributed by atoms with Crippen LogP contribution in [0.2, 0.25) is 0 Å². The van der Waals surface area contributed by atoms with Crippen LogP contribution in [0.1, 0.15) is 17.3 Å². The third-order valence-corrected chi connectivity index (χ3v) is 2.40. The number of carbonyl (C=O) groups excluding carboxylic acids is 1. The number of rotatable bonds is 3. The normalized spacial score (nSPS) is 10.4. The van der Waals surface area contributed by atoms with E-state index in [-0.39, 0.29) is 0 Å². The molecular formula is C12H11FN2O. The van der Waals surface area contributed by atoms with Crippen molar-refractivity contribution < 1.29 is 9.18 Å². The number of benzene rings is 1. The highest BCUT2D eigenvalue weighted by Crippen LogP contribution is 2.22. The Hall–Kier alpha value is -1.97. The minimum Gasteiger partial charge on any atom is -0.298 e. The average molecular weight is 218 g/mol. The van der Waals surface area contributed by atoms with Gasteiger partial charge in [0.1, 0.15) is 12.1 Å². The molecule has 0 spiro atoms. The first-order chi connectivity index (χ1) is 7.74. The van der Waals surface area contributed by atoms with E-state index in [1.54, 1.807) is 29.2 Å². The lowest BCUT2D eigenvalue weighted by atomic mass is 10.1. The molecule has 0 saturated heterocycles. The van der Waals surface area contributed by atoms with Crippen molar-refractivity contribution in [3.8, 4) is 11.1 Å². The summed E-state index contributed by atoms with van der Waals surface area (Å²) in [5, 5.41) is 4.08. The molecule has 1 heterocycles. The molecule has 82 valence electrons. The van der Waals surface area contributed by atoms with Crippen LogP contribution >= 0.6 is 0 Å². The van der Waals surface area contributed by atoms with E-state index in [1.165, 1.54) is 6.07 Å². The Morgan fingerprint density at radius 1 is 1.50 bits per heavy atom. The maximum Gasteiger partial charge on any atom is 0.150 e. The summed E-state index contributed by atoms with van der Waals surface area (Å²) in [5.41, 5.74) is 1.52. The second kappa shape index (κ2) is 4.26. The standard InChI is InChI=1S/C12H11FN2O/c1-2-15-7-10(6-14-15)11-4-3-9(8-16)5-12(11)13/h3-8H,2H2,1H3. The first-order valence-electron chi connectivity index (χ1n) is 5.02. The zero-order valence-electron chi connectivity index (χ0n) is 8.85. The Labute approximate surface area is 92.5 Å². The number of aromatic nitrogens is 2. The van der Waals surface area contributed by atoms with Gasteiger partial charge < -0.3 is 0 Å². The monoisotopic (exact) mass is 218 g/mol. The molecule has 1 aromatic heterocycles. The maximum atomic E-state index is 13.6. The Kier molecular flexibility index (Phi) is 2.81. The molecule has 0 N–H and O–H groups in total. The molecule has 0 aliphatic heterocycles. The van der Waals surface area contributed by atoms with E-state index in [0.29, 0.717) is 17.4 Å². The van der Waals surface area contributed by atoms with Crippen molar-refractivity contribution in [2.24, 2.45) is 0 Å². The van der Waals surface area contributed by atoms with Gasteiger partial charge in [-0.2, -0.15) is 5.10 Å². The van der Waals surface area contributed by atoms with Crippen LogP contribution < -0.4 is 0 Å². The van der Waals surface area contributed by atoms with Crippen LogP contribution in [0.25, 0.3) is 11.1 Å². The van der Waals surface area contributed by atoms with Crippen molar-refractivity contribution in [1.29, 1.82) is 0 Å². The number of carbonyl (C=O) groups is 1. The summed E-state index contributed by atoms with van der Waals surface area (Å²) >= 11 is 0. The second-order valence-corrected chi connectivity index (χ2v) is 3.44. The molecule has 0 aliphatic carbocycles. The van der Waals surface area contributed by atoms with Gasteiger partial charge in [-0.3, -0.25) is 9.48 Å². The Bertz CT molecular complexity index is 519. The Morgan fingerprint density at radius 3 is 2.88 bits per heavy atom. The predicted octanol–water partition coefficient (Wildman–Crippen LogP) is 2.52. The molecule has 0 saturated carbocycles. The molecule has 3 nitrogen and oxygen atoms in total. The van der Waals surface area contributed by atoms with E-state index in [0.717, 1.165) is 12.1 Å². The number of hydrogen-bond donors (Lipinski definition) is 0. The average Bonchev–Trinajstić information content (AvgIpc) is 2.77. The van der Waals surface area contributed by atoms with Crippen LogP contribution in [-0.4, -0.2) is 16.1 Å². The van der Waals surface area contributed by atoms with Crippen LogP contribution in [-0.2, 0) is 6.54 Å². The van der Waals surface area contributed by atoms with Crippen molar-refractivity contribution in [2.75, 3.05) is 0 Å². The van der Waals surface area contributed by atoms with E-state index in [4.69, 9.17) is 0 Å². The molecule has 0 unspecified atom stereocenters. The van der Waals surface area contributed by atoms with Crippen molar-refractivity contribution in [3.63, 3.8) is 0 Å². The maximum absolute atomic E-state index is 13.6. The molecule has 2 rings (SSSR count). The van der Waals surface area contributed by atoms with Gasteiger partial charge in [-0.1, -0.05) is 12.1 Å². The highest BCUT2D eigenvalue weighted by atomic mass is 19.1. The number of aryl methyl sites for hydroxylation is 1. The summed E-state index contributed by atoms with van der Waals surface area (Å²) in [6, 6.07) is 4.41. The zero-order valence-corrected chi connectivity index (χ0v) is 8.85. The Balaban J connectivity index is 2.43. The quantitative estimate of drug-likeness (QED) is 0.742. The first-order valence-corrected chi connectivity index (χ1v) is 5.02. The molecule has 1 aromatic carbocycles. The topological polar surface area (TPSA) is 34.9 Å². The largest absolute Gasteiger partial charge is 0.298 e. The van der Waals surface area contributed by atoms with E-state index in [2.05, 4.69) is 5.10 Å². The summed E-state index contributed by atoms with van der Waals surface area (Å²) in [6.07, 6.45) is 4.02. The summed E-state index contributed by atoms with van der Waals surface area (Å²) in [6.45, 7) is 2.71. The van der Waals surface area contributed by atoms with Gasteiger partial charge in [0, 0.05) is 29.4 Å². The second-order valence-electron chi connectivity index (χ2n) is 3.44. The summed E-state index contributed by atoms with van der Waals surface area (Å²) in [5.74, 6) is -0.403. The van der Waals surface area contributed by atoms with Crippen LogP contribution in [0.4, 0.5) is 4.39 Å². The fourth-order valence-corrected chi connectivity index (χ4v) is 1.51. The summed E-state index contributed by atoms with van der Waals surface area (Å²) in [7, 11) is 0. The summed E-state index contributed by atoms with van der Waals surface area (Å²) in [4.78, 5) is 10.5. The highest BCUT2D eigenvalue weighted by molar-refractivity contribution is 5.77. The fraction of sp³-hybridized carbons (Fsp3) is 0.167. The van der Waals surface area contributed by atoms with E-state index in [9.17, 15) is 9.18 Å². The molecule has 0 amide bonds. The molecule has 0 aliphatic rings. The molecule has 0 fully saturated rings. The van der Waals surface area contributed by atoms with Crippen molar-refractivity contribution >= 4 is 6.29 Å². The third kappa shape index (κ3) is 1.86. The van der Waals surface area contributed by atoms with Crippen LogP contribution in [0, 0.1) is 5.82 Å². The van der Waals surface area contributed by atoms with Gasteiger partial charge in [-0.05, 0) is 13.0 Å². The number of halogens is 1. The lowest BCUT2D eigenvalue weighted by molar-refractivity contribution is 0.112. The minimum atomic E-state index is -0.403. The lowest BCUT2D eigenvalue weighted by Gasteiger charge is -2.00. The predicted molar refractivity (Wildman–Crippen MR) is 58.7 cm³/mol. The van der Waals surface area contributed by atoms with Gasteiger partial charge in [0.25, 0.3) is 0 Å². The third-order valence-electron chi connectivity index (χ3n) is 2.40. The van der Waals surface area contributed by atoms with Gasteiger partial charge in [-0.25, -0.2) is 4.39 Å². The molecule has 0 bridgehead atoms. The van der Waals surface area contributed by atoms with E-state index < -0.39 is 5.82 Å². The van der Waals surface area contributed by atoms with Gasteiger partial charge in [-0.15, -0.1) is 0 Å². The zero-order chi connectivity index (χ0) is 11.5. The first kappa shape index (κ1) is 10.5. The van der Waals surface area contributed by atoms with Crippen molar-refractivity contribution in [1.82, 2.24) is 9.78 Å². The molecule has 4 heteroatoms. The number of nitrogens with zero attached hydrogens (tertiary/aromatic N) is 2. The number of aldehydes is 1. The molecule has 0 radical (unpaired) electrons. The number of hydrogen-bond acceptors (Lipinski definition) is 2. The molecule has 2 aromatic rings. The van der Waals surface area contributed by atoms with Gasteiger partial charge in [0.2, 0.25) is 0 Å². The van der Waals surface area contributed by atoms with E-state index >= 15 is 0 Å². The Morgan fingerprint density at radius 2 is 2.31 bits per heavy atom. The summed E-state index contributed by atoms with van der Waals surface area (Å²) < 4.78 is 15.4. The lowest BCUT2D eigenvalue weighted by Crippen LogP contribution is -1.92. The van der Waals surface area contributed by atoms with E-state index in [1.807, 2.05) is 6.92 Å².